The Hall–Kier alpha value is -1.12. The van der Waals surface area contributed by atoms with Gasteiger partial charge in [0.2, 0.25) is 0 Å². The van der Waals surface area contributed by atoms with Crippen molar-refractivity contribution in [1.82, 2.24) is 0 Å². The van der Waals surface area contributed by atoms with Gasteiger partial charge in [-0.15, -0.1) is 0 Å². The van der Waals surface area contributed by atoms with Crippen LogP contribution in [-0.2, 0) is 0 Å². The molecular weight excluding hydrogens is 196 g/mol. The van der Waals surface area contributed by atoms with E-state index in [0.29, 0.717) is 11.6 Å². The fourth-order valence-electron chi connectivity index (χ4n) is 1.46. The molecule has 1 aromatic rings. The fourth-order valence-corrected chi connectivity index (χ4v) is 1.46. The molecule has 0 spiro atoms. The van der Waals surface area contributed by atoms with Gasteiger partial charge in [0.25, 0.3) is 0 Å². The molecule has 84 valence electrons. The highest BCUT2D eigenvalue weighted by atomic mass is 19.1. The molecule has 0 radical (unpaired) electrons. The Labute approximate surface area is 89.5 Å². The van der Waals surface area contributed by atoms with Crippen molar-refractivity contribution in [2.75, 3.05) is 11.9 Å². The third-order valence-corrected chi connectivity index (χ3v) is 2.67. The molecule has 15 heavy (non-hydrogen) atoms. The van der Waals surface area contributed by atoms with E-state index in [1.165, 1.54) is 12.1 Å². The molecule has 0 aliphatic heterocycles. The Kier molecular flexibility index (Phi) is 4.53. The molecule has 0 bridgehead atoms. The topological polar surface area (TPSA) is 12.0 Å². The van der Waals surface area contributed by atoms with E-state index < -0.39 is 11.6 Å². The molecule has 0 fully saturated rings. The van der Waals surface area contributed by atoms with Crippen LogP contribution in [0, 0.1) is 17.6 Å². The first kappa shape index (κ1) is 12.0. The maximum absolute atomic E-state index is 13.2. The number of hydrogen-bond donors (Lipinski definition) is 1. The van der Waals surface area contributed by atoms with E-state index >= 15 is 0 Å². The van der Waals surface area contributed by atoms with Crippen LogP contribution in [0.15, 0.2) is 18.2 Å². The largest absolute Gasteiger partial charge is 0.382 e. The molecular formula is C12H17F2N. The summed E-state index contributed by atoms with van der Waals surface area (Å²) in [5.41, 5.74) is 0.378. The number of nitrogens with one attached hydrogen (secondary N) is 1. The number of rotatable bonds is 5. The normalized spacial score (nSPS) is 10.7. The first-order valence-corrected chi connectivity index (χ1v) is 5.36. The summed E-state index contributed by atoms with van der Waals surface area (Å²) in [4.78, 5) is 0. The van der Waals surface area contributed by atoms with Crippen molar-refractivity contribution in [1.29, 1.82) is 0 Å². The molecule has 0 aromatic heterocycles. The van der Waals surface area contributed by atoms with E-state index in [1.807, 2.05) is 0 Å². The lowest BCUT2D eigenvalue weighted by molar-refractivity contribution is 0.516. The first-order chi connectivity index (χ1) is 7.17. The minimum Gasteiger partial charge on any atom is -0.382 e. The van der Waals surface area contributed by atoms with Crippen LogP contribution in [0.5, 0.6) is 0 Å². The monoisotopic (exact) mass is 213 g/mol. The van der Waals surface area contributed by atoms with Crippen LogP contribution in [0.2, 0.25) is 0 Å². The molecule has 0 unspecified atom stereocenters. The Morgan fingerprint density at radius 3 is 2.40 bits per heavy atom. The van der Waals surface area contributed by atoms with Crippen LogP contribution in [-0.4, -0.2) is 6.54 Å². The van der Waals surface area contributed by atoms with Gasteiger partial charge in [-0.2, -0.15) is 0 Å². The Morgan fingerprint density at radius 2 is 1.87 bits per heavy atom. The van der Waals surface area contributed by atoms with Gasteiger partial charge >= 0.3 is 0 Å². The summed E-state index contributed by atoms with van der Waals surface area (Å²) in [6, 6.07) is 3.60. The molecule has 0 aliphatic rings. The summed E-state index contributed by atoms with van der Waals surface area (Å²) < 4.78 is 25.8. The van der Waals surface area contributed by atoms with E-state index in [2.05, 4.69) is 19.2 Å². The van der Waals surface area contributed by atoms with Crippen molar-refractivity contribution >= 4 is 5.69 Å². The standard InChI is InChI=1S/C12H17F2N/c1-3-9(4-2)8-15-12-6-5-10(13)7-11(12)14/h5-7,9,15H,3-4,8H2,1-2H3. The number of halogens is 2. The van der Waals surface area contributed by atoms with Crippen molar-refractivity contribution in [2.24, 2.45) is 5.92 Å². The smallest absolute Gasteiger partial charge is 0.149 e. The van der Waals surface area contributed by atoms with Crippen LogP contribution in [0.1, 0.15) is 26.7 Å². The lowest BCUT2D eigenvalue weighted by Gasteiger charge is -2.14. The maximum atomic E-state index is 13.2. The highest BCUT2D eigenvalue weighted by Crippen LogP contribution is 2.16. The van der Waals surface area contributed by atoms with Crippen LogP contribution in [0.25, 0.3) is 0 Å². The Morgan fingerprint density at radius 1 is 1.20 bits per heavy atom. The van der Waals surface area contributed by atoms with Crippen LogP contribution in [0.3, 0.4) is 0 Å². The second-order valence-corrected chi connectivity index (χ2v) is 3.69. The van der Waals surface area contributed by atoms with Gasteiger partial charge in [-0.05, 0) is 18.1 Å². The average molecular weight is 213 g/mol. The van der Waals surface area contributed by atoms with Gasteiger partial charge in [-0.25, -0.2) is 8.78 Å². The molecule has 0 aliphatic carbocycles. The fraction of sp³-hybridized carbons (Fsp3) is 0.500. The lowest BCUT2D eigenvalue weighted by atomic mass is 10.0. The predicted octanol–water partition coefficient (Wildman–Crippen LogP) is 3.81. The zero-order valence-corrected chi connectivity index (χ0v) is 9.19. The zero-order chi connectivity index (χ0) is 11.3. The summed E-state index contributed by atoms with van der Waals surface area (Å²) in [7, 11) is 0. The number of benzene rings is 1. The maximum Gasteiger partial charge on any atom is 0.149 e. The number of hydrogen-bond acceptors (Lipinski definition) is 1. The first-order valence-electron chi connectivity index (χ1n) is 5.36. The van der Waals surface area contributed by atoms with E-state index in [0.717, 1.165) is 25.5 Å². The van der Waals surface area contributed by atoms with Crippen molar-refractivity contribution in [3.05, 3.63) is 29.8 Å². The Bertz CT molecular complexity index is 308. The molecule has 0 saturated carbocycles. The third kappa shape index (κ3) is 3.50. The summed E-state index contributed by atoms with van der Waals surface area (Å²) in [5.74, 6) is -0.531. The van der Waals surface area contributed by atoms with Crippen LogP contribution < -0.4 is 5.32 Å². The average Bonchev–Trinajstić information content (AvgIpc) is 2.22. The van der Waals surface area contributed by atoms with Crippen LogP contribution in [0.4, 0.5) is 14.5 Å². The molecule has 1 N–H and O–H groups in total. The van der Waals surface area contributed by atoms with E-state index in [9.17, 15) is 8.78 Å². The van der Waals surface area contributed by atoms with Crippen molar-refractivity contribution < 1.29 is 8.78 Å². The lowest BCUT2D eigenvalue weighted by Crippen LogP contribution is -2.13. The summed E-state index contributed by atoms with van der Waals surface area (Å²) in [6.07, 6.45) is 2.12. The van der Waals surface area contributed by atoms with Crippen LogP contribution >= 0.6 is 0 Å². The minimum absolute atomic E-state index is 0.378. The summed E-state index contributed by atoms with van der Waals surface area (Å²) in [6.45, 7) is 4.95. The summed E-state index contributed by atoms with van der Waals surface area (Å²) in [5, 5.41) is 3.00. The highest BCUT2D eigenvalue weighted by molar-refractivity contribution is 5.44. The molecule has 0 atom stereocenters. The van der Waals surface area contributed by atoms with E-state index in [1.54, 1.807) is 0 Å². The minimum atomic E-state index is -0.541. The quantitative estimate of drug-likeness (QED) is 0.784. The van der Waals surface area contributed by atoms with E-state index in [4.69, 9.17) is 0 Å². The van der Waals surface area contributed by atoms with Gasteiger partial charge in [0.05, 0.1) is 5.69 Å². The molecule has 1 rings (SSSR count). The highest BCUT2D eigenvalue weighted by Gasteiger charge is 2.06. The number of anilines is 1. The van der Waals surface area contributed by atoms with Gasteiger partial charge in [0, 0.05) is 12.6 Å². The van der Waals surface area contributed by atoms with Crippen molar-refractivity contribution in [3.8, 4) is 0 Å². The van der Waals surface area contributed by atoms with Gasteiger partial charge in [0.15, 0.2) is 0 Å². The van der Waals surface area contributed by atoms with Gasteiger partial charge in [-0.3, -0.25) is 0 Å². The molecule has 1 aromatic carbocycles. The molecule has 1 nitrogen and oxygen atoms in total. The van der Waals surface area contributed by atoms with E-state index in [-0.39, 0.29) is 0 Å². The second-order valence-electron chi connectivity index (χ2n) is 3.69. The zero-order valence-electron chi connectivity index (χ0n) is 9.19. The van der Waals surface area contributed by atoms with Gasteiger partial charge in [-0.1, -0.05) is 26.7 Å². The second kappa shape index (κ2) is 5.69. The Balaban J connectivity index is 2.57. The van der Waals surface area contributed by atoms with Gasteiger partial charge in [0.1, 0.15) is 11.6 Å². The van der Waals surface area contributed by atoms with Gasteiger partial charge < -0.3 is 5.32 Å². The molecule has 0 amide bonds. The molecule has 0 saturated heterocycles. The van der Waals surface area contributed by atoms with Crippen molar-refractivity contribution in [3.63, 3.8) is 0 Å². The van der Waals surface area contributed by atoms with Crippen molar-refractivity contribution in [2.45, 2.75) is 26.7 Å². The predicted molar refractivity (Wildman–Crippen MR) is 58.9 cm³/mol. The molecule has 0 heterocycles. The SMILES string of the molecule is CCC(CC)CNc1ccc(F)cc1F. The summed E-state index contributed by atoms with van der Waals surface area (Å²) >= 11 is 0. The third-order valence-electron chi connectivity index (χ3n) is 2.67. The molecule has 3 heteroatoms.